The second kappa shape index (κ2) is 10.0. The summed E-state index contributed by atoms with van der Waals surface area (Å²) in [6.07, 6.45) is 5.91. The van der Waals surface area contributed by atoms with Crippen molar-refractivity contribution >= 4 is 64.7 Å². The third kappa shape index (κ3) is 4.27. The Morgan fingerprint density at radius 3 is 2.73 bits per heavy atom. The molecule has 0 radical (unpaired) electrons. The lowest BCUT2D eigenvalue weighted by Crippen LogP contribution is -2.45. The molecule has 40 heavy (non-hydrogen) atoms. The molecule has 2 aromatic carbocycles. The Kier molecular flexibility index (Phi) is 6.17. The highest BCUT2D eigenvalue weighted by atomic mass is 31.1. The number of ether oxygens (including phenoxy) is 1. The zero-order valence-corrected chi connectivity index (χ0v) is 23.1. The van der Waals surface area contributed by atoms with Crippen molar-refractivity contribution in [3.8, 4) is 5.75 Å². The van der Waals surface area contributed by atoms with Crippen LogP contribution in [0.3, 0.4) is 0 Å². The van der Waals surface area contributed by atoms with E-state index in [0.29, 0.717) is 46.0 Å². The van der Waals surface area contributed by atoms with Crippen LogP contribution in [0.1, 0.15) is 11.1 Å². The van der Waals surface area contributed by atoms with Crippen molar-refractivity contribution in [1.82, 2.24) is 29.8 Å². The van der Waals surface area contributed by atoms with E-state index in [-0.39, 0.29) is 8.46 Å². The number of aromatic nitrogens is 5. The van der Waals surface area contributed by atoms with Crippen LogP contribution in [0.2, 0.25) is 0 Å². The maximum Gasteiger partial charge on any atom is 0.231 e. The van der Waals surface area contributed by atoms with Gasteiger partial charge in [-0.2, -0.15) is 9.97 Å². The van der Waals surface area contributed by atoms with Gasteiger partial charge in [0.15, 0.2) is 8.46 Å². The van der Waals surface area contributed by atoms with E-state index < -0.39 is 0 Å². The number of aromatic amines is 1. The topological polar surface area (TPSA) is 124 Å². The molecule has 2 aliphatic rings. The largest absolute Gasteiger partial charge is 0.491 e. The fourth-order valence-electron chi connectivity index (χ4n) is 5.63. The Balaban J connectivity index is 1.25. The molecule has 0 aliphatic carbocycles. The van der Waals surface area contributed by atoms with E-state index >= 15 is 0 Å². The Morgan fingerprint density at radius 2 is 1.88 bits per heavy atom. The van der Waals surface area contributed by atoms with Gasteiger partial charge < -0.3 is 30.2 Å². The molecule has 7 rings (SSSR count). The molecular formula is C28H28N9O2P. The zero-order valence-electron chi connectivity index (χ0n) is 22.2. The van der Waals surface area contributed by atoms with Crippen molar-refractivity contribution in [2.75, 3.05) is 55.4 Å². The smallest absolute Gasteiger partial charge is 0.231 e. The maximum absolute atomic E-state index is 12.2. The molecule has 0 atom stereocenters. The molecular weight excluding hydrogens is 525 g/mol. The highest BCUT2D eigenvalue weighted by molar-refractivity contribution is 7.35. The van der Waals surface area contributed by atoms with Crippen LogP contribution in [-0.4, -0.2) is 69.7 Å². The minimum Gasteiger partial charge on any atom is -0.491 e. The molecule has 11 nitrogen and oxygen atoms in total. The summed E-state index contributed by atoms with van der Waals surface area (Å²) in [7, 11) is 2.01. The molecule has 5 aromatic rings. The first-order chi connectivity index (χ1) is 19.6. The molecule has 0 amide bonds. The van der Waals surface area contributed by atoms with Crippen LogP contribution < -0.4 is 25.6 Å². The van der Waals surface area contributed by atoms with Gasteiger partial charge >= 0.3 is 0 Å². The van der Waals surface area contributed by atoms with Gasteiger partial charge in [0.05, 0.1) is 34.2 Å². The van der Waals surface area contributed by atoms with Gasteiger partial charge in [-0.15, -0.1) is 0 Å². The summed E-state index contributed by atoms with van der Waals surface area (Å²) < 4.78 is 18.3. The first-order valence-corrected chi connectivity index (χ1v) is 14.1. The number of rotatable bonds is 6. The summed E-state index contributed by atoms with van der Waals surface area (Å²) in [6.45, 7) is 6.91. The van der Waals surface area contributed by atoms with Gasteiger partial charge in [-0.1, -0.05) is 0 Å². The van der Waals surface area contributed by atoms with Crippen LogP contribution in [0.25, 0.3) is 22.1 Å². The molecule has 1 saturated heterocycles. The fourth-order valence-corrected chi connectivity index (χ4v) is 6.12. The predicted octanol–water partition coefficient (Wildman–Crippen LogP) is 4.30. The summed E-state index contributed by atoms with van der Waals surface area (Å²) in [4.78, 5) is 26.3. The minimum absolute atomic E-state index is 0.164. The van der Waals surface area contributed by atoms with Crippen molar-refractivity contribution in [3.05, 3.63) is 54.0 Å². The second-order valence-corrected chi connectivity index (χ2v) is 10.8. The lowest BCUT2D eigenvalue weighted by Gasteiger charge is -2.36. The van der Waals surface area contributed by atoms with E-state index in [0.717, 1.165) is 49.4 Å². The van der Waals surface area contributed by atoms with E-state index in [1.54, 1.807) is 12.4 Å². The molecule has 3 N–H and O–H groups in total. The van der Waals surface area contributed by atoms with Crippen LogP contribution in [-0.2, 0) is 11.0 Å². The van der Waals surface area contributed by atoms with Gasteiger partial charge in [-0.3, -0.25) is 14.5 Å². The third-order valence-corrected chi connectivity index (χ3v) is 8.21. The first kappa shape index (κ1) is 24.7. The normalized spacial score (nSPS) is 15.5. The van der Waals surface area contributed by atoms with Gasteiger partial charge in [0.2, 0.25) is 5.95 Å². The van der Waals surface area contributed by atoms with Crippen molar-refractivity contribution in [2.24, 2.45) is 0 Å². The van der Waals surface area contributed by atoms with E-state index in [2.05, 4.69) is 55.4 Å². The van der Waals surface area contributed by atoms with Crippen molar-refractivity contribution in [1.29, 1.82) is 0 Å². The van der Waals surface area contributed by atoms with Crippen LogP contribution in [0.4, 0.5) is 28.8 Å². The number of piperazine rings is 1. The van der Waals surface area contributed by atoms with Crippen LogP contribution >= 0.6 is 8.46 Å². The summed E-state index contributed by atoms with van der Waals surface area (Å²) in [6, 6.07) is 7.72. The number of aryl methyl sites for hydroxylation is 1. The Labute approximate surface area is 232 Å². The maximum atomic E-state index is 12.2. The van der Waals surface area contributed by atoms with Gasteiger partial charge in [0.1, 0.15) is 22.7 Å². The van der Waals surface area contributed by atoms with Crippen LogP contribution in [0.15, 0.2) is 42.9 Å². The van der Waals surface area contributed by atoms with Crippen LogP contribution in [0.5, 0.6) is 5.75 Å². The van der Waals surface area contributed by atoms with E-state index in [1.165, 1.54) is 16.8 Å². The molecule has 0 saturated carbocycles. The van der Waals surface area contributed by atoms with E-state index in [9.17, 15) is 4.57 Å². The number of nitrogens with zero attached hydrogens (tertiary/aromatic N) is 6. The standard InChI is InChI=1S/C28H28N9O2P/c1-16-15-21(24-17(6-14-39-24)23(16)37-12-10-36(2)11-13-37)33-28-34-26-18(5-7-31-26)27(35-28)32-20-4-3-19-22(25(20)40-38)30-9-8-29-19/h3-5,7-9,15H,6,10-14H2,1-2H3,(H3,31,32,33,34,35). The minimum atomic E-state index is -0.164. The Hall–Kier alpha value is -4.34. The average Bonchev–Trinajstić information content (AvgIpc) is 3.64. The number of hydrogen-bond donors (Lipinski definition) is 3. The van der Waals surface area contributed by atoms with Gasteiger partial charge in [-0.25, -0.2) is 0 Å². The van der Waals surface area contributed by atoms with Crippen molar-refractivity contribution in [3.63, 3.8) is 0 Å². The van der Waals surface area contributed by atoms with Crippen LogP contribution in [0, 0.1) is 6.92 Å². The molecule has 0 bridgehead atoms. The Morgan fingerprint density at radius 1 is 1.02 bits per heavy atom. The first-order valence-electron chi connectivity index (χ1n) is 13.3. The average molecular weight is 554 g/mol. The van der Waals surface area contributed by atoms with Gasteiger partial charge in [0, 0.05) is 62.4 Å². The number of H-pyrrole nitrogens is 1. The highest BCUT2D eigenvalue weighted by Gasteiger charge is 2.27. The summed E-state index contributed by atoms with van der Waals surface area (Å²) >= 11 is 0. The number of benzene rings is 2. The molecule has 12 heteroatoms. The summed E-state index contributed by atoms with van der Waals surface area (Å²) in [5, 5.41) is 8.12. The predicted molar refractivity (Wildman–Crippen MR) is 157 cm³/mol. The molecule has 202 valence electrons. The lowest BCUT2D eigenvalue weighted by atomic mass is 10.0. The number of likely N-dealkylation sites (N-methyl/N-ethyl adjacent to an activating group) is 1. The zero-order chi connectivity index (χ0) is 27.2. The molecule has 2 aliphatic heterocycles. The number of nitrogens with one attached hydrogen (secondary N) is 3. The summed E-state index contributed by atoms with van der Waals surface area (Å²) in [5.74, 6) is 1.86. The summed E-state index contributed by atoms with van der Waals surface area (Å²) in [5.41, 5.74) is 7.13. The second-order valence-electron chi connectivity index (χ2n) is 10.1. The fraction of sp³-hybridized carbons (Fsp3) is 0.286. The van der Waals surface area contributed by atoms with Gasteiger partial charge in [0.25, 0.3) is 0 Å². The molecule has 0 unspecified atom stereocenters. The number of fused-ring (bicyclic) bond motifs is 3. The molecule has 0 spiro atoms. The quantitative estimate of drug-likeness (QED) is 0.262. The van der Waals surface area contributed by atoms with E-state index in [4.69, 9.17) is 14.7 Å². The molecule has 1 fully saturated rings. The molecule has 3 aromatic heterocycles. The highest BCUT2D eigenvalue weighted by Crippen LogP contribution is 2.44. The van der Waals surface area contributed by atoms with E-state index in [1.807, 2.05) is 24.4 Å². The lowest BCUT2D eigenvalue weighted by molar-refractivity contribution is 0.312. The van der Waals surface area contributed by atoms with Crippen molar-refractivity contribution in [2.45, 2.75) is 13.3 Å². The Bertz CT molecular complexity index is 1760. The van der Waals surface area contributed by atoms with Gasteiger partial charge in [-0.05, 0) is 43.8 Å². The third-order valence-electron chi connectivity index (χ3n) is 7.58. The monoisotopic (exact) mass is 553 g/mol. The molecule has 5 heterocycles. The van der Waals surface area contributed by atoms with Crippen molar-refractivity contribution < 1.29 is 9.30 Å². The number of hydrogen-bond acceptors (Lipinski definition) is 10. The SMILES string of the molecule is Cc1cc(Nc2nc(Nc3ccc4nccnc4c3P=O)c3cc[nH]c3n2)c2c(c1N1CCN(C)CC1)CCO2. The number of anilines is 5.